The summed E-state index contributed by atoms with van der Waals surface area (Å²) in [6, 6.07) is 19.1. The Bertz CT molecular complexity index is 765. The summed E-state index contributed by atoms with van der Waals surface area (Å²) in [4.78, 5) is 17.3. The van der Waals surface area contributed by atoms with Crippen LogP contribution in [0.5, 0.6) is 0 Å². The van der Waals surface area contributed by atoms with E-state index in [0.29, 0.717) is 6.54 Å². The molecular weight excluding hydrogens is 348 g/mol. The second kappa shape index (κ2) is 9.22. The van der Waals surface area contributed by atoms with Gasteiger partial charge in [-0.1, -0.05) is 42.5 Å². The third-order valence-corrected chi connectivity index (χ3v) is 5.84. The second-order valence-corrected chi connectivity index (χ2v) is 7.73. The predicted octanol–water partition coefficient (Wildman–Crippen LogP) is 2.38. The van der Waals surface area contributed by atoms with Crippen LogP contribution in [0.3, 0.4) is 0 Å². The van der Waals surface area contributed by atoms with Gasteiger partial charge in [-0.05, 0) is 42.6 Å². The van der Waals surface area contributed by atoms with Crippen molar-refractivity contribution < 1.29 is 4.79 Å². The Kier molecular flexibility index (Phi) is 6.24. The molecule has 5 heteroatoms. The lowest BCUT2D eigenvalue weighted by Gasteiger charge is -2.36. The van der Waals surface area contributed by atoms with Gasteiger partial charge in [-0.25, -0.2) is 0 Å². The number of carbonyl (C=O) groups excluding carboxylic acids is 1. The smallest absolute Gasteiger partial charge is 0.237 e. The third-order valence-electron chi connectivity index (χ3n) is 5.84. The molecule has 2 heterocycles. The molecule has 2 aromatic rings. The molecule has 2 aliphatic heterocycles. The summed E-state index contributed by atoms with van der Waals surface area (Å²) in [5.74, 6) is 0.128. The predicted molar refractivity (Wildman–Crippen MR) is 113 cm³/mol. The molecule has 1 unspecified atom stereocenters. The van der Waals surface area contributed by atoms with Crippen molar-refractivity contribution in [1.82, 2.24) is 15.5 Å². The molecule has 148 valence electrons. The maximum Gasteiger partial charge on any atom is 0.237 e. The fraction of sp³-hybridized carbons (Fsp3) is 0.435. The van der Waals surface area contributed by atoms with E-state index in [-0.39, 0.29) is 11.9 Å². The third kappa shape index (κ3) is 4.72. The second-order valence-electron chi connectivity index (χ2n) is 7.73. The van der Waals surface area contributed by atoms with Crippen LogP contribution >= 0.6 is 0 Å². The van der Waals surface area contributed by atoms with Crippen molar-refractivity contribution in [3.63, 3.8) is 0 Å². The van der Waals surface area contributed by atoms with E-state index in [1.165, 1.54) is 16.8 Å². The van der Waals surface area contributed by atoms with Crippen molar-refractivity contribution in [2.24, 2.45) is 0 Å². The van der Waals surface area contributed by atoms with Crippen LogP contribution < -0.4 is 15.5 Å². The highest BCUT2D eigenvalue weighted by Gasteiger charge is 2.22. The largest absolute Gasteiger partial charge is 0.369 e. The molecule has 4 rings (SSSR count). The van der Waals surface area contributed by atoms with Gasteiger partial charge >= 0.3 is 0 Å². The van der Waals surface area contributed by atoms with E-state index in [4.69, 9.17) is 0 Å². The maximum absolute atomic E-state index is 12.3. The highest BCUT2D eigenvalue weighted by Crippen LogP contribution is 2.18. The van der Waals surface area contributed by atoms with Crippen LogP contribution in [0, 0.1) is 0 Å². The molecule has 0 aromatic heterocycles. The average Bonchev–Trinajstić information content (AvgIpc) is 3.29. The highest BCUT2D eigenvalue weighted by atomic mass is 16.2. The van der Waals surface area contributed by atoms with Crippen molar-refractivity contribution in [2.45, 2.75) is 32.0 Å². The Labute approximate surface area is 167 Å². The highest BCUT2D eigenvalue weighted by molar-refractivity contribution is 5.82. The van der Waals surface area contributed by atoms with Crippen LogP contribution in [0.2, 0.25) is 0 Å². The van der Waals surface area contributed by atoms with Gasteiger partial charge in [0.05, 0.1) is 6.04 Å². The Balaban J connectivity index is 1.31. The summed E-state index contributed by atoms with van der Waals surface area (Å²) in [5.41, 5.74) is 3.85. The number of hydrogen-bond acceptors (Lipinski definition) is 4. The van der Waals surface area contributed by atoms with Gasteiger partial charge in [0.2, 0.25) is 5.91 Å². The van der Waals surface area contributed by atoms with Crippen LogP contribution in [0.1, 0.15) is 24.0 Å². The van der Waals surface area contributed by atoms with Gasteiger partial charge in [-0.2, -0.15) is 0 Å². The van der Waals surface area contributed by atoms with Crippen molar-refractivity contribution in [2.75, 3.05) is 37.6 Å². The SMILES string of the molecule is O=C(NCc1ccccc1CN1CCN(c2ccccc2)CC1)C1CCCN1. The normalized spacial score (nSPS) is 20.3. The number of anilines is 1. The first-order chi connectivity index (χ1) is 13.8. The van der Waals surface area contributed by atoms with E-state index in [1.54, 1.807) is 0 Å². The Hall–Kier alpha value is -2.37. The number of nitrogens with one attached hydrogen (secondary N) is 2. The van der Waals surface area contributed by atoms with Crippen molar-refractivity contribution in [3.05, 3.63) is 65.7 Å². The van der Waals surface area contributed by atoms with Crippen LogP contribution in [-0.4, -0.2) is 49.6 Å². The number of rotatable bonds is 6. The summed E-state index contributed by atoms with van der Waals surface area (Å²) in [5, 5.41) is 6.38. The lowest BCUT2D eigenvalue weighted by molar-refractivity contribution is -0.122. The number of amides is 1. The quantitative estimate of drug-likeness (QED) is 0.810. The van der Waals surface area contributed by atoms with E-state index >= 15 is 0 Å². The molecule has 0 radical (unpaired) electrons. The monoisotopic (exact) mass is 378 g/mol. The van der Waals surface area contributed by atoms with Crippen molar-refractivity contribution in [1.29, 1.82) is 0 Å². The summed E-state index contributed by atoms with van der Waals surface area (Å²) in [6.45, 7) is 6.72. The number of carbonyl (C=O) groups is 1. The molecule has 0 bridgehead atoms. The van der Waals surface area contributed by atoms with Gasteiger partial charge in [-0.3, -0.25) is 9.69 Å². The average molecular weight is 379 g/mol. The lowest BCUT2D eigenvalue weighted by Crippen LogP contribution is -2.46. The van der Waals surface area contributed by atoms with E-state index in [9.17, 15) is 4.79 Å². The van der Waals surface area contributed by atoms with Gasteiger partial charge < -0.3 is 15.5 Å². The zero-order valence-corrected chi connectivity index (χ0v) is 16.4. The summed E-state index contributed by atoms with van der Waals surface area (Å²) in [7, 11) is 0. The fourth-order valence-electron chi connectivity index (χ4n) is 4.14. The summed E-state index contributed by atoms with van der Waals surface area (Å²) >= 11 is 0. The molecule has 5 nitrogen and oxygen atoms in total. The molecule has 0 spiro atoms. The molecule has 1 atom stereocenters. The first-order valence-electron chi connectivity index (χ1n) is 10.4. The lowest BCUT2D eigenvalue weighted by atomic mass is 10.1. The number of piperazine rings is 1. The topological polar surface area (TPSA) is 47.6 Å². The minimum Gasteiger partial charge on any atom is -0.369 e. The molecule has 0 aliphatic carbocycles. The van der Waals surface area contributed by atoms with E-state index in [1.807, 2.05) is 0 Å². The van der Waals surface area contributed by atoms with E-state index in [0.717, 1.165) is 52.1 Å². The Morgan fingerprint density at radius 1 is 0.964 bits per heavy atom. The van der Waals surface area contributed by atoms with Gasteiger partial charge in [0.15, 0.2) is 0 Å². The summed E-state index contributed by atoms with van der Waals surface area (Å²) < 4.78 is 0. The standard InChI is InChI=1S/C23H30N4O/c28-23(22-11-6-12-24-22)25-17-19-7-4-5-8-20(19)18-26-13-15-27(16-14-26)21-9-2-1-3-10-21/h1-5,7-10,22,24H,6,11-18H2,(H,25,28). The van der Waals surface area contributed by atoms with E-state index < -0.39 is 0 Å². The molecule has 2 saturated heterocycles. The first kappa shape index (κ1) is 19.0. The molecule has 1 amide bonds. The molecule has 2 N–H and O–H groups in total. The molecule has 2 aliphatic rings. The van der Waals surface area contributed by atoms with Crippen LogP contribution in [0.25, 0.3) is 0 Å². The van der Waals surface area contributed by atoms with Crippen molar-refractivity contribution >= 4 is 11.6 Å². The Morgan fingerprint density at radius 2 is 1.68 bits per heavy atom. The Morgan fingerprint density at radius 3 is 2.39 bits per heavy atom. The number of benzene rings is 2. The fourth-order valence-corrected chi connectivity index (χ4v) is 4.14. The minimum atomic E-state index is -0.0155. The maximum atomic E-state index is 12.3. The number of para-hydroxylation sites is 1. The molecule has 2 aromatic carbocycles. The van der Waals surface area contributed by atoms with Crippen LogP contribution in [0.4, 0.5) is 5.69 Å². The molecule has 2 fully saturated rings. The minimum absolute atomic E-state index is 0.0155. The molecule has 28 heavy (non-hydrogen) atoms. The first-order valence-corrected chi connectivity index (χ1v) is 10.4. The number of hydrogen-bond donors (Lipinski definition) is 2. The number of nitrogens with zero attached hydrogens (tertiary/aromatic N) is 2. The van der Waals surface area contributed by atoms with Crippen LogP contribution in [-0.2, 0) is 17.9 Å². The van der Waals surface area contributed by atoms with Crippen LogP contribution in [0.15, 0.2) is 54.6 Å². The van der Waals surface area contributed by atoms with Gasteiger partial charge in [0, 0.05) is 45.0 Å². The zero-order valence-electron chi connectivity index (χ0n) is 16.4. The van der Waals surface area contributed by atoms with Gasteiger partial charge in [-0.15, -0.1) is 0 Å². The van der Waals surface area contributed by atoms with Gasteiger partial charge in [0.1, 0.15) is 0 Å². The van der Waals surface area contributed by atoms with Gasteiger partial charge in [0.25, 0.3) is 0 Å². The van der Waals surface area contributed by atoms with Crippen molar-refractivity contribution in [3.8, 4) is 0 Å². The molecule has 0 saturated carbocycles. The summed E-state index contributed by atoms with van der Waals surface area (Å²) in [6.07, 6.45) is 2.03. The van der Waals surface area contributed by atoms with E-state index in [2.05, 4.69) is 75.0 Å². The zero-order chi connectivity index (χ0) is 19.2. The molecular formula is C23H30N4O.